The van der Waals surface area contributed by atoms with Crippen LogP contribution in [0.4, 0.5) is 10.2 Å². The van der Waals surface area contributed by atoms with Gasteiger partial charge in [-0.3, -0.25) is 4.98 Å². The number of anilines is 1. The Bertz CT molecular complexity index is 551. The molecule has 18 heavy (non-hydrogen) atoms. The first-order chi connectivity index (χ1) is 8.70. The fourth-order valence-electron chi connectivity index (χ4n) is 1.34. The van der Waals surface area contributed by atoms with E-state index in [0.717, 1.165) is 0 Å². The summed E-state index contributed by atoms with van der Waals surface area (Å²) in [5.74, 6) is 0.173. The van der Waals surface area contributed by atoms with Gasteiger partial charge in [0.05, 0.1) is 17.4 Å². The van der Waals surface area contributed by atoms with Gasteiger partial charge in [-0.15, -0.1) is 0 Å². The van der Waals surface area contributed by atoms with Gasteiger partial charge in [-0.25, -0.2) is 4.39 Å². The lowest BCUT2D eigenvalue weighted by Crippen LogP contribution is -2.01. The minimum absolute atomic E-state index is 0.00305. The predicted molar refractivity (Wildman–Crippen MR) is 67.7 cm³/mol. The molecule has 1 aromatic heterocycles. The van der Waals surface area contributed by atoms with Crippen LogP contribution in [0, 0.1) is 5.82 Å². The van der Waals surface area contributed by atoms with E-state index in [9.17, 15) is 4.39 Å². The smallest absolute Gasteiger partial charge is 0.239 e. The summed E-state index contributed by atoms with van der Waals surface area (Å²) in [4.78, 5) is 8.07. The van der Waals surface area contributed by atoms with Crippen LogP contribution in [0.2, 0.25) is 5.02 Å². The molecule has 0 aliphatic carbocycles. The number of rotatable bonds is 4. The van der Waals surface area contributed by atoms with Gasteiger partial charge in [0.2, 0.25) is 5.88 Å². The van der Waals surface area contributed by atoms with Crippen molar-refractivity contribution in [3.8, 4) is 11.6 Å². The van der Waals surface area contributed by atoms with Crippen molar-refractivity contribution in [1.29, 1.82) is 0 Å². The first kappa shape index (κ1) is 12.6. The molecule has 1 N–H and O–H groups in total. The Balaban J connectivity index is 2.23. The lowest BCUT2D eigenvalue weighted by atomic mass is 10.3. The Morgan fingerprint density at radius 1 is 1.39 bits per heavy atom. The van der Waals surface area contributed by atoms with E-state index in [1.807, 2.05) is 6.92 Å². The Labute approximate surface area is 109 Å². The second-order valence-electron chi connectivity index (χ2n) is 3.43. The van der Waals surface area contributed by atoms with Crippen molar-refractivity contribution < 1.29 is 9.13 Å². The quantitative estimate of drug-likeness (QED) is 0.921. The Morgan fingerprint density at radius 2 is 2.22 bits per heavy atom. The molecule has 0 aliphatic heterocycles. The average molecular weight is 268 g/mol. The molecule has 0 bridgehead atoms. The van der Waals surface area contributed by atoms with Crippen LogP contribution in [0.15, 0.2) is 30.6 Å². The maximum atomic E-state index is 13.6. The second-order valence-corrected chi connectivity index (χ2v) is 3.83. The molecule has 0 spiro atoms. The van der Waals surface area contributed by atoms with Gasteiger partial charge in [-0.1, -0.05) is 17.7 Å². The molecule has 94 valence electrons. The molecule has 2 rings (SSSR count). The highest BCUT2D eigenvalue weighted by Crippen LogP contribution is 2.27. The molecule has 4 nitrogen and oxygen atoms in total. The summed E-state index contributed by atoms with van der Waals surface area (Å²) < 4.78 is 18.9. The number of halogens is 2. The summed E-state index contributed by atoms with van der Waals surface area (Å²) in [6.07, 6.45) is 2.96. The third kappa shape index (κ3) is 2.87. The van der Waals surface area contributed by atoms with E-state index in [1.165, 1.54) is 18.3 Å². The molecular weight excluding hydrogens is 257 g/mol. The molecule has 2 aromatic rings. The van der Waals surface area contributed by atoms with Crippen molar-refractivity contribution in [2.24, 2.45) is 0 Å². The zero-order valence-electron chi connectivity index (χ0n) is 9.65. The van der Waals surface area contributed by atoms with Crippen LogP contribution in [0.3, 0.4) is 0 Å². The van der Waals surface area contributed by atoms with Crippen LogP contribution >= 0.6 is 11.6 Å². The van der Waals surface area contributed by atoms with Gasteiger partial charge in [-0.05, 0) is 19.1 Å². The van der Waals surface area contributed by atoms with Gasteiger partial charge in [-0.2, -0.15) is 4.98 Å². The fraction of sp³-hybridized carbons (Fsp3) is 0.167. The summed E-state index contributed by atoms with van der Waals surface area (Å²) in [6, 6.07) is 4.52. The van der Waals surface area contributed by atoms with E-state index in [2.05, 4.69) is 15.3 Å². The molecule has 6 heteroatoms. The first-order valence-corrected chi connectivity index (χ1v) is 5.76. The molecule has 0 fully saturated rings. The lowest BCUT2D eigenvalue weighted by Gasteiger charge is -2.07. The molecule has 0 atom stereocenters. The van der Waals surface area contributed by atoms with Gasteiger partial charge in [0.25, 0.3) is 0 Å². The van der Waals surface area contributed by atoms with Crippen LogP contribution in [0.1, 0.15) is 6.92 Å². The Morgan fingerprint density at radius 3 is 3.00 bits per heavy atom. The summed E-state index contributed by atoms with van der Waals surface area (Å²) in [5, 5.41) is 2.99. The molecule has 1 aromatic carbocycles. The third-order valence-electron chi connectivity index (χ3n) is 2.10. The summed E-state index contributed by atoms with van der Waals surface area (Å²) in [6.45, 7) is 2.65. The highest BCUT2D eigenvalue weighted by atomic mass is 35.5. The average Bonchev–Trinajstić information content (AvgIpc) is 2.36. The van der Waals surface area contributed by atoms with Gasteiger partial charge in [0.15, 0.2) is 11.6 Å². The molecule has 0 unspecified atom stereocenters. The topological polar surface area (TPSA) is 47.0 Å². The van der Waals surface area contributed by atoms with Crippen LogP contribution in [-0.2, 0) is 0 Å². The first-order valence-electron chi connectivity index (χ1n) is 5.38. The number of aromatic nitrogens is 2. The third-order valence-corrected chi connectivity index (χ3v) is 2.39. The number of nitrogens with zero attached hydrogens (tertiary/aromatic N) is 2. The molecule has 0 aliphatic rings. The van der Waals surface area contributed by atoms with Gasteiger partial charge in [0.1, 0.15) is 5.82 Å². The normalized spacial score (nSPS) is 10.2. The predicted octanol–water partition coefficient (Wildman–Crippen LogP) is 3.49. The van der Waals surface area contributed by atoms with Gasteiger partial charge >= 0.3 is 0 Å². The highest BCUT2D eigenvalue weighted by molar-refractivity contribution is 6.30. The molecular formula is C12H11ClFN3O. The van der Waals surface area contributed by atoms with Crippen molar-refractivity contribution >= 4 is 17.4 Å². The zero-order chi connectivity index (χ0) is 13.0. The highest BCUT2D eigenvalue weighted by Gasteiger charge is 2.09. The van der Waals surface area contributed by atoms with E-state index in [0.29, 0.717) is 12.4 Å². The second kappa shape index (κ2) is 5.64. The number of ether oxygens (including phenoxy) is 1. The van der Waals surface area contributed by atoms with Gasteiger partial charge < -0.3 is 10.1 Å². The van der Waals surface area contributed by atoms with Crippen LogP contribution in [0.5, 0.6) is 11.6 Å². The minimum Gasteiger partial charge on any atom is -0.434 e. The summed E-state index contributed by atoms with van der Waals surface area (Å²) in [7, 11) is 0. The molecule has 0 saturated heterocycles. The zero-order valence-corrected chi connectivity index (χ0v) is 10.4. The van der Waals surface area contributed by atoms with Crippen LogP contribution < -0.4 is 10.1 Å². The number of benzene rings is 1. The molecule has 0 saturated carbocycles. The largest absolute Gasteiger partial charge is 0.434 e. The van der Waals surface area contributed by atoms with Gasteiger partial charge in [0, 0.05) is 6.54 Å². The summed E-state index contributed by atoms with van der Waals surface area (Å²) in [5.41, 5.74) is 0. The van der Waals surface area contributed by atoms with Crippen molar-refractivity contribution in [2.75, 3.05) is 11.9 Å². The monoisotopic (exact) mass is 267 g/mol. The van der Waals surface area contributed by atoms with Crippen molar-refractivity contribution in [3.05, 3.63) is 41.4 Å². The Kier molecular flexibility index (Phi) is 3.94. The van der Waals surface area contributed by atoms with E-state index in [1.54, 1.807) is 12.3 Å². The standard InChI is InChI=1S/C12H11ClFN3O/c1-2-16-10-6-15-7-11(17-10)18-9-5-3-4-8(13)12(9)14/h3-7H,2H2,1H3,(H,16,17). The number of hydrogen-bond acceptors (Lipinski definition) is 4. The number of nitrogens with one attached hydrogen (secondary N) is 1. The van der Waals surface area contributed by atoms with E-state index >= 15 is 0 Å². The summed E-state index contributed by atoms with van der Waals surface area (Å²) >= 11 is 5.66. The maximum Gasteiger partial charge on any atom is 0.239 e. The van der Waals surface area contributed by atoms with Crippen molar-refractivity contribution in [1.82, 2.24) is 9.97 Å². The maximum absolute atomic E-state index is 13.6. The van der Waals surface area contributed by atoms with Crippen LogP contribution in [0.25, 0.3) is 0 Å². The fourth-order valence-corrected chi connectivity index (χ4v) is 1.50. The van der Waals surface area contributed by atoms with Crippen molar-refractivity contribution in [2.45, 2.75) is 6.92 Å². The van der Waals surface area contributed by atoms with E-state index in [-0.39, 0.29) is 16.7 Å². The molecule has 1 heterocycles. The molecule has 0 radical (unpaired) electrons. The lowest BCUT2D eigenvalue weighted by molar-refractivity contribution is 0.426. The minimum atomic E-state index is -0.616. The SMILES string of the molecule is CCNc1cncc(Oc2cccc(Cl)c2F)n1. The van der Waals surface area contributed by atoms with E-state index in [4.69, 9.17) is 16.3 Å². The molecule has 0 amide bonds. The van der Waals surface area contributed by atoms with E-state index < -0.39 is 5.82 Å². The number of hydrogen-bond donors (Lipinski definition) is 1. The Hall–Kier alpha value is -1.88. The van der Waals surface area contributed by atoms with Crippen LogP contribution in [-0.4, -0.2) is 16.5 Å². The van der Waals surface area contributed by atoms with Crippen molar-refractivity contribution in [3.63, 3.8) is 0 Å².